The summed E-state index contributed by atoms with van der Waals surface area (Å²) in [6.45, 7) is 0. The summed E-state index contributed by atoms with van der Waals surface area (Å²) in [6, 6.07) is 40.5. The van der Waals surface area contributed by atoms with Crippen LogP contribution in [0.3, 0.4) is 0 Å². The first-order valence-corrected chi connectivity index (χ1v) is 12.9. The van der Waals surface area contributed by atoms with Gasteiger partial charge >= 0.3 is 0 Å². The second kappa shape index (κ2) is 10.3. The van der Waals surface area contributed by atoms with Gasteiger partial charge in [-0.05, 0) is 96.1 Å². The van der Waals surface area contributed by atoms with Gasteiger partial charge in [-0.15, -0.1) is 0 Å². The van der Waals surface area contributed by atoms with E-state index in [1.54, 1.807) is 36.0 Å². The maximum absolute atomic E-state index is 13.5. The number of rotatable bonds is 6. The third-order valence-electron chi connectivity index (χ3n) is 5.36. The highest BCUT2D eigenvalue weighted by molar-refractivity contribution is 7.99. The third kappa shape index (κ3) is 5.24. The van der Waals surface area contributed by atoms with E-state index in [1.807, 2.05) is 18.2 Å². The Morgan fingerprint density at radius 3 is 1.26 bits per heavy atom. The van der Waals surface area contributed by atoms with Gasteiger partial charge in [-0.3, -0.25) is 0 Å². The second-order valence-corrected chi connectivity index (χ2v) is 10.9. The summed E-state index contributed by atoms with van der Waals surface area (Å²) in [7, 11) is -0.453. The van der Waals surface area contributed by atoms with Gasteiger partial charge in [-0.2, -0.15) is 0 Å². The van der Waals surface area contributed by atoms with Crippen LogP contribution in [0, 0.1) is 11.6 Å². The zero-order chi connectivity index (χ0) is 23.3. The summed E-state index contributed by atoms with van der Waals surface area (Å²) in [5, 5.41) is 0. The number of hydrogen-bond donors (Lipinski definition) is 0. The highest BCUT2D eigenvalue weighted by Gasteiger charge is 2.28. The normalized spacial score (nSPS) is 11.0. The van der Waals surface area contributed by atoms with Gasteiger partial charge in [-0.25, -0.2) is 8.78 Å². The summed E-state index contributed by atoms with van der Waals surface area (Å²) >= 11 is 1.71. The van der Waals surface area contributed by atoms with Crippen LogP contribution in [0.4, 0.5) is 8.78 Å². The molecular weight excluding hydrogens is 462 g/mol. The van der Waals surface area contributed by atoms with Crippen molar-refractivity contribution in [2.24, 2.45) is 0 Å². The van der Waals surface area contributed by atoms with E-state index in [2.05, 4.69) is 60.7 Å². The maximum Gasteiger partial charge on any atom is 0.166 e. The summed E-state index contributed by atoms with van der Waals surface area (Å²) in [4.78, 5) is 5.39. The fourth-order valence-corrected chi connectivity index (χ4v) is 6.53. The maximum atomic E-state index is 13.5. The molecular formula is C30H21F2S2+. The Balaban J connectivity index is 1.38. The number of halogens is 2. The molecule has 0 aliphatic rings. The minimum atomic E-state index is -0.453. The van der Waals surface area contributed by atoms with Gasteiger partial charge < -0.3 is 0 Å². The second-order valence-electron chi connectivity index (χ2n) is 7.68. The van der Waals surface area contributed by atoms with E-state index in [1.165, 1.54) is 40.3 Å². The van der Waals surface area contributed by atoms with Crippen LogP contribution in [0.2, 0.25) is 0 Å². The summed E-state index contributed by atoms with van der Waals surface area (Å²) in [5.41, 5.74) is 2.40. The van der Waals surface area contributed by atoms with Crippen molar-refractivity contribution in [1.82, 2.24) is 0 Å². The standard InChI is InChI=1S/C30H21F2S2/c31-24-8-16-28(17-9-24)34(29-18-10-25(32)11-19-29)30-20-14-27(15-21-30)33-26-12-6-23(7-13-26)22-4-2-1-3-5-22/h1-21H/q+1. The van der Waals surface area contributed by atoms with Crippen LogP contribution in [0.1, 0.15) is 0 Å². The van der Waals surface area contributed by atoms with Gasteiger partial charge in [-0.1, -0.05) is 54.2 Å². The minimum Gasteiger partial charge on any atom is -0.207 e. The molecule has 5 aromatic carbocycles. The van der Waals surface area contributed by atoms with Crippen LogP contribution >= 0.6 is 11.8 Å². The van der Waals surface area contributed by atoms with Gasteiger partial charge in [0.15, 0.2) is 14.7 Å². The van der Waals surface area contributed by atoms with E-state index in [9.17, 15) is 8.78 Å². The molecule has 0 saturated heterocycles. The fraction of sp³-hybridized carbons (Fsp3) is 0. The molecule has 166 valence electrons. The van der Waals surface area contributed by atoms with Crippen LogP contribution in [-0.4, -0.2) is 0 Å². The topological polar surface area (TPSA) is 0 Å². The molecule has 0 radical (unpaired) electrons. The van der Waals surface area contributed by atoms with Crippen molar-refractivity contribution in [2.75, 3.05) is 0 Å². The number of benzene rings is 5. The average Bonchev–Trinajstić information content (AvgIpc) is 2.88. The van der Waals surface area contributed by atoms with E-state index in [-0.39, 0.29) is 11.6 Å². The SMILES string of the molecule is Fc1ccc([S+](c2ccc(F)cc2)c2ccc(Sc3ccc(-c4ccccc4)cc3)cc2)cc1. The Labute approximate surface area is 205 Å². The van der Waals surface area contributed by atoms with Crippen molar-refractivity contribution in [3.63, 3.8) is 0 Å². The average molecular weight is 484 g/mol. The first-order chi connectivity index (χ1) is 16.7. The minimum absolute atomic E-state index is 0.267. The fourth-order valence-electron chi connectivity index (χ4n) is 3.68. The van der Waals surface area contributed by atoms with Crippen LogP contribution in [-0.2, 0) is 10.9 Å². The van der Waals surface area contributed by atoms with Crippen molar-refractivity contribution >= 4 is 22.7 Å². The van der Waals surface area contributed by atoms with Crippen molar-refractivity contribution in [1.29, 1.82) is 0 Å². The third-order valence-corrected chi connectivity index (χ3v) is 8.60. The Kier molecular flexibility index (Phi) is 6.79. The first kappa shape index (κ1) is 22.5. The zero-order valence-corrected chi connectivity index (χ0v) is 19.8. The zero-order valence-electron chi connectivity index (χ0n) is 18.2. The van der Waals surface area contributed by atoms with Gasteiger partial charge in [0.1, 0.15) is 11.6 Å². The molecule has 0 aromatic heterocycles. The summed E-state index contributed by atoms with van der Waals surface area (Å²) in [6.07, 6.45) is 0. The molecule has 5 rings (SSSR count). The largest absolute Gasteiger partial charge is 0.207 e. The molecule has 0 N–H and O–H groups in total. The van der Waals surface area contributed by atoms with Crippen molar-refractivity contribution < 1.29 is 8.78 Å². The Hall–Kier alpha value is -3.34. The highest BCUT2D eigenvalue weighted by Crippen LogP contribution is 2.35. The molecule has 0 nitrogen and oxygen atoms in total. The molecule has 0 fully saturated rings. The summed E-state index contributed by atoms with van der Waals surface area (Å²) < 4.78 is 27.1. The van der Waals surface area contributed by atoms with Crippen LogP contribution in [0.15, 0.2) is 152 Å². The lowest BCUT2D eigenvalue weighted by atomic mass is 10.1. The van der Waals surface area contributed by atoms with Gasteiger partial charge in [0.2, 0.25) is 0 Å². The lowest BCUT2D eigenvalue weighted by Gasteiger charge is -2.09. The Morgan fingerprint density at radius 1 is 0.412 bits per heavy atom. The van der Waals surface area contributed by atoms with E-state index >= 15 is 0 Å². The van der Waals surface area contributed by atoms with Gasteiger partial charge in [0, 0.05) is 9.79 Å². The van der Waals surface area contributed by atoms with Crippen LogP contribution < -0.4 is 0 Å². The van der Waals surface area contributed by atoms with Gasteiger partial charge in [0.25, 0.3) is 0 Å². The first-order valence-electron chi connectivity index (χ1n) is 10.8. The molecule has 0 bridgehead atoms. The molecule has 4 heteroatoms. The van der Waals surface area contributed by atoms with Crippen LogP contribution in [0.5, 0.6) is 0 Å². The quantitative estimate of drug-likeness (QED) is 0.217. The van der Waals surface area contributed by atoms with E-state index in [4.69, 9.17) is 0 Å². The number of hydrogen-bond acceptors (Lipinski definition) is 1. The molecule has 5 aromatic rings. The van der Waals surface area contributed by atoms with Crippen molar-refractivity contribution in [3.05, 3.63) is 139 Å². The van der Waals surface area contributed by atoms with E-state index in [0.29, 0.717) is 0 Å². The van der Waals surface area contributed by atoms with Crippen molar-refractivity contribution in [2.45, 2.75) is 24.5 Å². The monoisotopic (exact) mass is 483 g/mol. The van der Waals surface area contributed by atoms with E-state index in [0.717, 1.165) is 19.6 Å². The molecule has 0 atom stereocenters. The molecule has 34 heavy (non-hydrogen) atoms. The molecule has 0 aliphatic heterocycles. The van der Waals surface area contributed by atoms with Gasteiger partial charge in [0.05, 0.1) is 10.9 Å². The molecule has 0 heterocycles. The predicted octanol–water partition coefficient (Wildman–Crippen LogP) is 8.88. The Morgan fingerprint density at radius 2 is 0.794 bits per heavy atom. The predicted molar refractivity (Wildman–Crippen MR) is 137 cm³/mol. The molecule has 0 spiro atoms. The van der Waals surface area contributed by atoms with Crippen molar-refractivity contribution in [3.8, 4) is 11.1 Å². The smallest absolute Gasteiger partial charge is 0.166 e. The highest BCUT2D eigenvalue weighted by atomic mass is 32.2. The molecule has 0 saturated carbocycles. The molecule has 0 aliphatic carbocycles. The lowest BCUT2D eigenvalue weighted by molar-refractivity contribution is 0.626. The summed E-state index contributed by atoms with van der Waals surface area (Å²) in [5.74, 6) is -0.534. The lowest BCUT2D eigenvalue weighted by Crippen LogP contribution is -2.05. The Bertz CT molecular complexity index is 1300. The molecule has 0 unspecified atom stereocenters. The van der Waals surface area contributed by atoms with E-state index < -0.39 is 10.9 Å². The van der Waals surface area contributed by atoms with Crippen LogP contribution in [0.25, 0.3) is 11.1 Å². The molecule has 0 amide bonds.